The molecule has 0 unspecified atom stereocenters. The lowest BCUT2D eigenvalue weighted by Crippen LogP contribution is -2.33. The number of hydrogen-bond acceptors (Lipinski definition) is 7. The van der Waals surface area contributed by atoms with Crippen LogP contribution in [0, 0.1) is 6.92 Å². The van der Waals surface area contributed by atoms with Gasteiger partial charge >= 0.3 is 0 Å². The maximum Gasteiger partial charge on any atom is 0.191 e. The van der Waals surface area contributed by atoms with E-state index in [2.05, 4.69) is 63.1 Å². The molecular formula is C30H36N4O3S. The third-order valence-electron chi connectivity index (χ3n) is 7.97. The molecule has 4 aromatic rings. The van der Waals surface area contributed by atoms with Crippen molar-refractivity contribution in [2.24, 2.45) is 7.05 Å². The molecule has 0 amide bonds. The van der Waals surface area contributed by atoms with Gasteiger partial charge in [-0.3, -0.25) is 4.90 Å². The Kier molecular flexibility index (Phi) is 7.45. The predicted molar refractivity (Wildman–Crippen MR) is 151 cm³/mol. The average molecular weight is 533 g/mol. The van der Waals surface area contributed by atoms with Crippen LogP contribution in [0.5, 0.6) is 5.75 Å². The number of benzene rings is 2. The maximum atomic E-state index is 6.22. The van der Waals surface area contributed by atoms with E-state index in [0.29, 0.717) is 12.0 Å². The van der Waals surface area contributed by atoms with Crippen molar-refractivity contribution in [1.29, 1.82) is 0 Å². The Balaban J connectivity index is 1.12. The van der Waals surface area contributed by atoms with Crippen molar-refractivity contribution in [3.05, 3.63) is 59.6 Å². The molecule has 2 aromatic heterocycles. The van der Waals surface area contributed by atoms with Gasteiger partial charge in [-0.15, -0.1) is 10.2 Å². The van der Waals surface area contributed by atoms with E-state index < -0.39 is 0 Å². The molecule has 0 N–H and O–H groups in total. The van der Waals surface area contributed by atoms with Gasteiger partial charge in [0, 0.05) is 48.4 Å². The first-order chi connectivity index (χ1) is 18.6. The normalized spacial score (nSPS) is 19.0. The van der Waals surface area contributed by atoms with Crippen LogP contribution in [0.4, 0.5) is 0 Å². The van der Waals surface area contributed by atoms with E-state index in [1.54, 1.807) is 18.9 Å². The third-order valence-corrected chi connectivity index (χ3v) is 9.12. The number of furan rings is 1. The molecule has 2 fully saturated rings. The number of aromatic nitrogens is 3. The van der Waals surface area contributed by atoms with Crippen molar-refractivity contribution in [2.45, 2.75) is 56.3 Å². The number of piperidine rings is 1. The van der Waals surface area contributed by atoms with Gasteiger partial charge in [0.15, 0.2) is 5.16 Å². The molecule has 0 spiro atoms. The molecule has 0 aliphatic carbocycles. The average Bonchev–Trinajstić information content (AvgIpc) is 3.66. The summed E-state index contributed by atoms with van der Waals surface area (Å²) in [6.07, 6.45) is 4.83. The highest BCUT2D eigenvalue weighted by molar-refractivity contribution is 7.99. The van der Waals surface area contributed by atoms with Crippen molar-refractivity contribution in [2.75, 3.05) is 32.6 Å². The fourth-order valence-electron chi connectivity index (χ4n) is 5.91. The van der Waals surface area contributed by atoms with Gasteiger partial charge in [0.2, 0.25) is 0 Å². The van der Waals surface area contributed by atoms with Crippen LogP contribution in [0.2, 0.25) is 0 Å². The first kappa shape index (κ1) is 25.5. The highest BCUT2D eigenvalue weighted by Gasteiger charge is 2.27. The highest BCUT2D eigenvalue weighted by Crippen LogP contribution is 2.39. The van der Waals surface area contributed by atoms with E-state index >= 15 is 0 Å². The minimum absolute atomic E-state index is 0.356. The largest absolute Gasteiger partial charge is 0.496 e. The van der Waals surface area contributed by atoms with Crippen molar-refractivity contribution in [3.8, 4) is 16.9 Å². The van der Waals surface area contributed by atoms with E-state index in [4.69, 9.17) is 13.9 Å². The first-order valence-corrected chi connectivity index (χ1v) is 14.6. The van der Waals surface area contributed by atoms with Crippen LogP contribution >= 0.6 is 11.8 Å². The van der Waals surface area contributed by atoms with Crippen LogP contribution in [-0.2, 0) is 18.3 Å². The molecule has 8 heteroatoms. The van der Waals surface area contributed by atoms with Crippen LogP contribution in [-0.4, -0.2) is 58.3 Å². The van der Waals surface area contributed by atoms with E-state index in [1.165, 1.54) is 12.0 Å². The summed E-state index contributed by atoms with van der Waals surface area (Å²) in [7, 11) is 3.86. The standard InChI is InChI=1S/C30H36N4O3S/c1-20-28(21-8-5-4-6-9-21)25-17-26(35-3)23(16-27(25)37-20)18-34-13-11-22(12-14-34)29-31-32-30(33(29)2)38-19-24-10-7-15-36-24/h4-6,8-9,16-17,22,24H,7,10-15,18-19H2,1-3H3/t24-/m1/s1. The Bertz CT molecular complexity index is 1390. The molecule has 1 atom stereocenters. The van der Waals surface area contributed by atoms with Gasteiger partial charge in [-0.05, 0) is 63.4 Å². The van der Waals surface area contributed by atoms with Gasteiger partial charge in [0.1, 0.15) is 22.9 Å². The first-order valence-electron chi connectivity index (χ1n) is 13.6. The molecule has 4 heterocycles. The molecule has 200 valence electrons. The van der Waals surface area contributed by atoms with E-state index in [0.717, 1.165) is 95.8 Å². The fourth-order valence-corrected chi connectivity index (χ4v) is 6.89. The molecule has 0 radical (unpaired) electrons. The summed E-state index contributed by atoms with van der Waals surface area (Å²) < 4.78 is 20.0. The van der Waals surface area contributed by atoms with Crippen LogP contribution in [0.25, 0.3) is 22.1 Å². The molecule has 6 rings (SSSR count). The molecule has 2 aliphatic heterocycles. The Labute approximate surface area is 228 Å². The zero-order valence-electron chi connectivity index (χ0n) is 22.5. The summed E-state index contributed by atoms with van der Waals surface area (Å²) in [6, 6.07) is 14.7. The number of rotatable bonds is 8. The minimum atomic E-state index is 0.356. The number of ether oxygens (including phenoxy) is 2. The molecule has 2 saturated heterocycles. The van der Waals surface area contributed by atoms with Gasteiger partial charge in [-0.25, -0.2) is 0 Å². The Morgan fingerprint density at radius 1 is 1.08 bits per heavy atom. The Morgan fingerprint density at radius 3 is 2.63 bits per heavy atom. The number of fused-ring (bicyclic) bond motifs is 1. The summed E-state index contributed by atoms with van der Waals surface area (Å²) in [4.78, 5) is 2.51. The van der Waals surface area contributed by atoms with Crippen molar-refractivity contribution in [3.63, 3.8) is 0 Å². The molecule has 0 saturated carbocycles. The lowest BCUT2D eigenvalue weighted by atomic mass is 9.95. The lowest BCUT2D eigenvalue weighted by Gasteiger charge is -2.31. The van der Waals surface area contributed by atoms with Crippen LogP contribution in [0.15, 0.2) is 52.0 Å². The summed E-state index contributed by atoms with van der Waals surface area (Å²) in [5.41, 5.74) is 4.39. The van der Waals surface area contributed by atoms with Gasteiger partial charge in [0.05, 0.1) is 13.2 Å². The van der Waals surface area contributed by atoms with Gasteiger partial charge in [0.25, 0.3) is 0 Å². The van der Waals surface area contributed by atoms with E-state index in [9.17, 15) is 0 Å². The number of likely N-dealkylation sites (tertiary alicyclic amines) is 1. The fraction of sp³-hybridized carbons (Fsp3) is 0.467. The second-order valence-corrected chi connectivity index (χ2v) is 11.4. The Hall–Kier alpha value is -2.81. The zero-order chi connectivity index (χ0) is 26.1. The molecule has 2 aliphatic rings. The third kappa shape index (κ3) is 5.09. The number of methoxy groups -OCH3 is 1. The van der Waals surface area contributed by atoms with Crippen molar-refractivity contribution >= 4 is 22.7 Å². The maximum absolute atomic E-state index is 6.22. The van der Waals surface area contributed by atoms with Crippen LogP contribution < -0.4 is 4.74 Å². The summed E-state index contributed by atoms with van der Waals surface area (Å²) in [6.45, 7) is 5.81. The van der Waals surface area contributed by atoms with Crippen molar-refractivity contribution in [1.82, 2.24) is 19.7 Å². The second kappa shape index (κ2) is 11.1. The summed E-state index contributed by atoms with van der Waals surface area (Å²) in [5.74, 6) is 4.35. The number of nitrogens with zero attached hydrogens (tertiary/aromatic N) is 4. The Morgan fingerprint density at radius 2 is 1.89 bits per heavy atom. The topological polar surface area (TPSA) is 65.6 Å². The van der Waals surface area contributed by atoms with Gasteiger partial charge in [-0.1, -0.05) is 42.1 Å². The quantitative estimate of drug-likeness (QED) is 0.251. The molecular weight excluding hydrogens is 496 g/mol. The second-order valence-electron chi connectivity index (χ2n) is 10.5. The predicted octanol–water partition coefficient (Wildman–Crippen LogP) is 6.20. The minimum Gasteiger partial charge on any atom is -0.496 e. The SMILES string of the molecule is COc1cc2c(-c3ccccc3)c(C)oc2cc1CN1CCC(c2nnc(SC[C@H]3CCCO3)n2C)CC1. The van der Waals surface area contributed by atoms with E-state index in [1.807, 2.05) is 13.0 Å². The van der Waals surface area contributed by atoms with Crippen molar-refractivity contribution < 1.29 is 13.9 Å². The van der Waals surface area contributed by atoms with Gasteiger partial charge in [-0.2, -0.15) is 0 Å². The number of thioether (sulfide) groups is 1. The molecule has 38 heavy (non-hydrogen) atoms. The summed E-state index contributed by atoms with van der Waals surface area (Å²) >= 11 is 1.77. The summed E-state index contributed by atoms with van der Waals surface area (Å²) in [5, 5.41) is 11.2. The number of aryl methyl sites for hydroxylation is 1. The van der Waals surface area contributed by atoms with Crippen LogP contribution in [0.1, 0.15) is 48.7 Å². The van der Waals surface area contributed by atoms with Crippen LogP contribution in [0.3, 0.4) is 0 Å². The highest BCUT2D eigenvalue weighted by atomic mass is 32.2. The number of hydrogen-bond donors (Lipinski definition) is 0. The molecule has 0 bridgehead atoms. The smallest absolute Gasteiger partial charge is 0.191 e. The zero-order valence-corrected chi connectivity index (χ0v) is 23.3. The van der Waals surface area contributed by atoms with E-state index in [-0.39, 0.29) is 0 Å². The monoisotopic (exact) mass is 532 g/mol. The molecule has 7 nitrogen and oxygen atoms in total. The molecule has 2 aromatic carbocycles. The van der Waals surface area contributed by atoms with Gasteiger partial charge < -0.3 is 18.5 Å². The lowest BCUT2D eigenvalue weighted by molar-refractivity contribution is 0.129.